The van der Waals surface area contributed by atoms with Crippen molar-refractivity contribution in [2.75, 3.05) is 7.11 Å². The number of aromatic nitrogens is 2. The number of nitrogens with zero attached hydrogens (tertiary/aromatic N) is 2. The Morgan fingerprint density at radius 1 is 1.38 bits per heavy atom. The number of rotatable bonds is 3. The molecule has 0 radical (unpaired) electrons. The summed E-state index contributed by atoms with van der Waals surface area (Å²) in [5, 5.41) is 4.09. The van der Waals surface area contributed by atoms with E-state index in [2.05, 4.69) is 26.1 Å². The molecule has 2 N–H and O–H groups in total. The Balaban J connectivity index is 1.82. The maximum Gasteiger partial charge on any atom is 0.230 e. The SMILES string of the molecule is COc1ccc(-c2noc(C3CCCC(N)C3)n2)cc1Br. The Bertz CT molecular complexity index is 629. The molecule has 2 aromatic rings. The first-order valence-electron chi connectivity index (χ1n) is 7.10. The monoisotopic (exact) mass is 351 g/mol. The molecule has 1 saturated carbocycles. The van der Waals surface area contributed by atoms with Crippen molar-refractivity contribution >= 4 is 15.9 Å². The third-order valence-electron chi connectivity index (χ3n) is 3.92. The van der Waals surface area contributed by atoms with Gasteiger partial charge >= 0.3 is 0 Å². The number of benzene rings is 1. The van der Waals surface area contributed by atoms with Gasteiger partial charge in [-0.2, -0.15) is 4.98 Å². The molecule has 21 heavy (non-hydrogen) atoms. The topological polar surface area (TPSA) is 74.2 Å². The van der Waals surface area contributed by atoms with E-state index in [0.29, 0.717) is 11.7 Å². The van der Waals surface area contributed by atoms with Crippen LogP contribution >= 0.6 is 15.9 Å². The lowest BCUT2D eigenvalue weighted by Crippen LogP contribution is -2.26. The molecule has 112 valence electrons. The molecule has 1 aliphatic carbocycles. The van der Waals surface area contributed by atoms with E-state index in [9.17, 15) is 0 Å². The van der Waals surface area contributed by atoms with Gasteiger partial charge in [-0.25, -0.2) is 0 Å². The van der Waals surface area contributed by atoms with E-state index in [-0.39, 0.29) is 12.0 Å². The van der Waals surface area contributed by atoms with Crippen molar-refractivity contribution in [1.82, 2.24) is 10.1 Å². The minimum absolute atomic E-state index is 0.245. The molecule has 0 spiro atoms. The number of nitrogens with two attached hydrogens (primary N) is 1. The molecule has 5 nitrogen and oxygen atoms in total. The standard InChI is InChI=1S/C15H18BrN3O2/c1-20-13-6-5-9(8-12(13)16)14-18-15(21-19-14)10-3-2-4-11(17)7-10/h5-6,8,10-11H,2-4,7,17H2,1H3. The highest BCUT2D eigenvalue weighted by Gasteiger charge is 2.25. The number of hydrogen-bond donors (Lipinski definition) is 1. The zero-order valence-corrected chi connectivity index (χ0v) is 13.5. The van der Waals surface area contributed by atoms with Crippen molar-refractivity contribution < 1.29 is 9.26 Å². The lowest BCUT2D eigenvalue weighted by atomic mass is 9.86. The van der Waals surface area contributed by atoms with Crippen LogP contribution in [0.2, 0.25) is 0 Å². The molecule has 1 heterocycles. The van der Waals surface area contributed by atoms with Crippen LogP contribution in [-0.2, 0) is 0 Å². The zero-order valence-electron chi connectivity index (χ0n) is 11.9. The fourth-order valence-corrected chi connectivity index (χ4v) is 3.32. The van der Waals surface area contributed by atoms with Crippen molar-refractivity contribution in [1.29, 1.82) is 0 Å². The molecular weight excluding hydrogens is 334 g/mol. The molecule has 2 atom stereocenters. The van der Waals surface area contributed by atoms with Crippen LogP contribution < -0.4 is 10.5 Å². The Labute approximate surface area is 132 Å². The zero-order chi connectivity index (χ0) is 14.8. The van der Waals surface area contributed by atoms with Crippen LogP contribution in [0.1, 0.15) is 37.5 Å². The van der Waals surface area contributed by atoms with Crippen molar-refractivity contribution in [2.45, 2.75) is 37.6 Å². The quantitative estimate of drug-likeness (QED) is 0.915. The molecule has 0 amide bonds. The summed E-state index contributed by atoms with van der Waals surface area (Å²) in [5.41, 5.74) is 6.92. The molecule has 1 aromatic carbocycles. The van der Waals surface area contributed by atoms with E-state index in [4.69, 9.17) is 15.0 Å². The van der Waals surface area contributed by atoms with Gasteiger partial charge in [-0.1, -0.05) is 11.6 Å². The van der Waals surface area contributed by atoms with Gasteiger partial charge < -0.3 is 15.0 Å². The second-order valence-electron chi connectivity index (χ2n) is 5.43. The fourth-order valence-electron chi connectivity index (χ4n) is 2.78. The highest BCUT2D eigenvalue weighted by atomic mass is 79.9. The third-order valence-corrected chi connectivity index (χ3v) is 4.54. The predicted molar refractivity (Wildman–Crippen MR) is 83.2 cm³/mol. The average Bonchev–Trinajstić information content (AvgIpc) is 2.97. The summed E-state index contributed by atoms with van der Waals surface area (Å²) >= 11 is 3.47. The summed E-state index contributed by atoms with van der Waals surface area (Å²) in [6, 6.07) is 5.98. The molecule has 1 aromatic heterocycles. The van der Waals surface area contributed by atoms with E-state index in [1.807, 2.05) is 18.2 Å². The third kappa shape index (κ3) is 3.11. The molecule has 6 heteroatoms. The molecule has 0 saturated heterocycles. The van der Waals surface area contributed by atoms with Gasteiger partial charge in [-0.15, -0.1) is 0 Å². The van der Waals surface area contributed by atoms with E-state index >= 15 is 0 Å². The predicted octanol–water partition coefficient (Wildman–Crippen LogP) is 3.49. The lowest BCUT2D eigenvalue weighted by molar-refractivity contribution is 0.299. The van der Waals surface area contributed by atoms with Gasteiger partial charge in [-0.05, 0) is 53.4 Å². The first-order chi connectivity index (χ1) is 10.2. The number of hydrogen-bond acceptors (Lipinski definition) is 5. The van der Waals surface area contributed by atoms with E-state index in [1.165, 1.54) is 0 Å². The Morgan fingerprint density at radius 3 is 2.95 bits per heavy atom. The lowest BCUT2D eigenvalue weighted by Gasteiger charge is -2.23. The van der Waals surface area contributed by atoms with Crippen LogP contribution in [-0.4, -0.2) is 23.3 Å². The Kier molecular flexibility index (Phi) is 4.26. The molecule has 1 fully saturated rings. The van der Waals surface area contributed by atoms with Gasteiger partial charge in [0.1, 0.15) is 5.75 Å². The molecule has 0 bridgehead atoms. The highest BCUT2D eigenvalue weighted by molar-refractivity contribution is 9.10. The van der Waals surface area contributed by atoms with Crippen LogP contribution in [0.15, 0.2) is 27.2 Å². The van der Waals surface area contributed by atoms with Gasteiger partial charge in [0.15, 0.2) is 0 Å². The van der Waals surface area contributed by atoms with Crippen molar-refractivity contribution in [2.24, 2.45) is 5.73 Å². The maximum absolute atomic E-state index is 6.02. The van der Waals surface area contributed by atoms with Crippen molar-refractivity contribution in [3.05, 3.63) is 28.6 Å². The summed E-state index contributed by atoms with van der Waals surface area (Å²) in [6.07, 6.45) is 4.20. The summed E-state index contributed by atoms with van der Waals surface area (Å²) < 4.78 is 11.5. The minimum Gasteiger partial charge on any atom is -0.496 e. The van der Waals surface area contributed by atoms with Gasteiger partial charge in [0.05, 0.1) is 11.6 Å². The second kappa shape index (κ2) is 6.15. The fraction of sp³-hybridized carbons (Fsp3) is 0.467. The minimum atomic E-state index is 0.245. The first kappa shape index (κ1) is 14.5. The van der Waals surface area contributed by atoms with E-state index < -0.39 is 0 Å². The van der Waals surface area contributed by atoms with Crippen LogP contribution in [0.5, 0.6) is 5.75 Å². The maximum atomic E-state index is 6.02. The summed E-state index contributed by atoms with van der Waals surface area (Å²) in [4.78, 5) is 4.54. The summed E-state index contributed by atoms with van der Waals surface area (Å²) in [5.74, 6) is 2.37. The Morgan fingerprint density at radius 2 is 2.24 bits per heavy atom. The normalized spacial score (nSPS) is 22.2. The first-order valence-corrected chi connectivity index (χ1v) is 7.89. The number of halogens is 1. The van der Waals surface area contributed by atoms with Crippen LogP contribution in [0, 0.1) is 0 Å². The summed E-state index contributed by atoms with van der Waals surface area (Å²) in [7, 11) is 1.64. The van der Waals surface area contributed by atoms with Crippen LogP contribution in [0.4, 0.5) is 0 Å². The summed E-state index contributed by atoms with van der Waals surface area (Å²) in [6.45, 7) is 0. The molecular formula is C15H18BrN3O2. The van der Waals surface area contributed by atoms with Crippen LogP contribution in [0.3, 0.4) is 0 Å². The molecule has 0 aliphatic heterocycles. The van der Waals surface area contributed by atoms with Crippen LogP contribution in [0.25, 0.3) is 11.4 Å². The molecule has 2 unspecified atom stereocenters. The smallest absolute Gasteiger partial charge is 0.230 e. The van der Waals surface area contributed by atoms with E-state index in [0.717, 1.165) is 41.5 Å². The number of methoxy groups -OCH3 is 1. The van der Waals surface area contributed by atoms with Gasteiger partial charge in [-0.3, -0.25) is 0 Å². The molecule has 1 aliphatic rings. The largest absolute Gasteiger partial charge is 0.496 e. The van der Waals surface area contributed by atoms with Gasteiger partial charge in [0.25, 0.3) is 0 Å². The van der Waals surface area contributed by atoms with Gasteiger partial charge in [0.2, 0.25) is 11.7 Å². The number of ether oxygens (including phenoxy) is 1. The van der Waals surface area contributed by atoms with Crippen molar-refractivity contribution in [3.63, 3.8) is 0 Å². The molecule has 3 rings (SSSR count). The highest BCUT2D eigenvalue weighted by Crippen LogP contribution is 2.33. The van der Waals surface area contributed by atoms with Crippen molar-refractivity contribution in [3.8, 4) is 17.1 Å². The Hall–Kier alpha value is -1.40. The van der Waals surface area contributed by atoms with Gasteiger partial charge in [0, 0.05) is 17.5 Å². The second-order valence-corrected chi connectivity index (χ2v) is 6.28. The van der Waals surface area contributed by atoms with E-state index in [1.54, 1.807) is 7.11 Å². The average molecular weight is 352 g/mol.